The summed E-state index contributed by atoms with van der Waals surface area (Å²) in [6, 6.07) is 0. The number of hydrogen-bond acceptors (Lipinski definition) is 2. The molecule has 1 N–H and O–H groups in total. The van der Waals surface area contributed by atoms with E-state index < -0.39 is 0 Å². The second kappa shape index (κ2) is 4.73. The van der Waals surface area contributed by atoms with Gasteiger partial charge in [-0.3, -0.25) is 0 Å². The van der Waals surface area contributed by atoms with Crippen LogP contribution in [0.2, 0.25) is 0 Å². The number of hydrogen-bond donors (Lipinski definition) is 1. The molecule has 66 valence electrons. The van der Waals surface area contributed by atoms with Crippen LogP contribution >= 0.6 is 0 Å². The van der Waals surface area contributed by atoms with Crippen LogP contribution in [0.25, 0.3) is 0 Å². The van der Waals surface area contributed by atoms with E-state index in [-0.39, 0.29) is 0 Å². The van der Waals surface area contributed by atoms with Gasteiger partial charge in [0.1, 0.15) is 0 Å². The molecule has 0 aliphatic heterocycles. The van der Waals surface area contributed by atoms with E-state index in [1.54, 1.807) is 0 Å². The quantitative estimate of drug-likeness (QED) is 0.470. The Labute approximate surface area is 69.3 Å². The monoisotopic (exact) mass is 157 g/mol. The fourth-order valence-corrected chi connectivity index (χ4v) is 0.967. The highest BCUT2D eigenvalue weighted by Gasteiger charge is 2.19. The summed E-state index contributed by atoms with van der Waals surface area (Å²) in [5, 5.41) is 0. The predicted octanol–water partition coefficient (Wildman–Crippen LogP) is 1.96. The van der Waals surface area contributed by atoms with Crippen molar-refractivity contribution in [2.45, 2.75) is 33.1 Å². The smallest absolute Gasteiger partial charge is 0.0705 e. The molecule has 2 nitrogen and oxygen atoms in total. The van der Waals surface area contributed by atoms with E-state index in [1.165, 1.54) is 19.3 Å². The van der Waals surface area contributed by atoms with Crippen LogP contribution in [0.5, 0.6) is 0 Å². The zero-order valence-corrected chi connectivity index (χ0v) is 7.60. The molecule has 0 atom stereocenters. The van der Waals surface area contributed by atoms with Crippen molar-refractivity contribution < 1.29 is 4.84 Å². The lowest BCUT2D eigenvalue weighted by Gasteiger charge is -2.06. The van der Waals surface area contributed by atoms with Crippen LogP contribution in [-0.4, -0.2) is 13.2 Å². The summed E-state index contributed by atoms with van der Waals surface area (Å²) >= 11 is 0. The van der Waals surface area contributed by atoms with E-state index in [9.17, 15) is 0 Å². The van der Waals surface area contributed by atoms with E-state index in [4.69, 9.17) is 4.84 Å². The van der Waals surface area contributed by atoms with Gasteiger partial charge >= 0.3 is 0 Å². The van der Waals surface area contributed by atoms with Crippen LogP contribution in [0.1, 0.15) is 33.1 Å². The standard InChI is InChI=1S/C9H19NO/c1-8(2)7-11-10-6-5-9-3-4-9/h8-10H,3-7H2,1-2H3. The molecule has 0 aromatic rings. The second-order valence-corrected chi connectivity index (χ2v) is 3.83. The lowest BCUT2D eigenvalue weighted by molar-refractivity contribution is 0.0228. The zero-order chi connectivity index (χ0) is 8.10. The summed E-state index contributed by atoms with van der Waals surface area (Å²) in [5.74, 6) is 1.63. The van der Waals surface area contributed by atoms with Crippen molar-refractivity contribution in [1.29, 1.82) is 0 Å². The molecular formula is C9H19NO. The molecule has 1 aliphatic rings. The van der Waals surface area contributed by atoms with Crippen molar-refractivity contribution >= 4 is 0 Å². The second-order valence-electron chi connectivity index (χ2n) is 3.83. The third-order valence-electron chi connectivity index (χ3n) is 1.87. The maximum absolute atomic E-state index is 5.22. The molecule has 0 aromatic carbocycles. The molecule has 1 fully saturated rings. The molecular weight excluding hydrogens is 138 g/mol. The third kappa shape index (κ3) is 5.22. The molecule has 2 heteroatoms. The Balaban J connectivity index is 1.73. The molecule has 0 unspecified atom stereocenters. The highest BCUT2D eigenvalue weighted by atomic mass is 16.6. The maximum Gasteiger partial charge on any atom is 0.0705 e. The minimum absolute atomic E-state index is 0.628. The van der Waals surface area contributed by atoms with Crippen LogP contribution in [0.4, 0.5) is 0 Å². The van der Waals surface area contributed by atoms with Gasteiger partial charge in [-0.25, -0.2) is 5.48 Å². The van der Waals surface area contributed by atoms with Crippen LogP contribution in [0, 0.1) is 11.8 Å². The average molecular weight is 157 g/mol. The average Bonchev–Trinajstić information content (AvgIpc) is 2.70. The fraction of sp³-hybridized carbons (Fsp3) is 1.00. The first-order valence-electron chi connectivity index (χ1n) is 4.63. The van der Waals surface area contributed by atoms with Gasteiger partial charge in [-0.15, -0.1) is 0 Å². The number of rotatable bonds is 6. The van der Waals surface area contributed by atoms with Gasteiger partial charge in [0, 0.05) is 6.54 Å². The topological polar surface area (TPSA) is 21.3 Å². The Bertz CT molecular complexity index is 95.7. The summed E-state index contributed by atoms with van der Waals surface area (Å²) in [6.07, 6.45) is 4.16. The lowest BCUT2D eigenvalue weighted by atomic mass is 10.2. The van der Waals surface area contributed by atoms with Gasteiger partial charge in [0.15, 0.2) is 0 Å². The van der Waals surface area contributed by atoms with Crippen molar-refractivity contribution in [2.24, 2.45) is 11.8 Å². The highest BCUT2D eigenvalue weighted by Crippen LogP contribution is 2.31. The Morgan fingerprint density at radius 3 is 2.73 bits per heavy atom. The molecule has 0 spiro atoms. The molecule has 0 amide bonds. The van der Waals surface area contributed by atoms with Crippen LogP contribution in [0.3, 0.4) is 0 Å². The minimum Gasteiger partial charge on any atom is -0.302 e. The van der Waals surface area contributed by atoms with Crippen molar-refractivity contribution in [2.75, 3.05) is 13.2 Å². The summed E-state index contributed by atoms with van der Waals surface area (Å²) in [6.45, 7) is 6.16. The van der Waals surface area contributed by atoms with E-state index in [1.807, 2.05) is 0 Å². The van der Waals surface area contributed by atoms with Crippen molar-refractivity contribution in [3.63, 3.8) is 0 Å². The van der Waals surface area contributed by atoms with E-state index in [0.29, 0.717) is 5.92 Å². The van der Waals surface area contributed by atoms with Gasteiger partial charge in [0.25, 0.3) is 0 Å². The first-order valence-corrected chi connectivity index (χ1v) is 4.63. The lowest BCUT2D eigenvalue weighted by Crippen LogP contribution is -2.19. The van der Waals surface area contributed by atoms with Crippen LogP contribution in [-0.2, 0) is 4.84 Å². The SMILES string of the molecule is CC(C)CONCCC1CC1. The Kier molecular flexibility index (Phi) is 3.87. The summed E-state index contributed by atoms with van der Waals surface area (Å²) in [7, 11) is 0. The first kappa shape index (κ1) is 9.01. The molecule has 0 aromatic heterocycles. The Hall–Kier alpha value is -0.0800. The summed E-state index contributed by atoms with van der Waals surface area (Å²) in [5.41, 5.74) is 2.99. The fourth-order valence-electron chi connectivity index (χ4n) is 0.967. The Morgan fingerprint density at radius 1 is 1.45 bits per heavy atom. The normalized spacial score (nSPS) is 17.7. The molecule has 0 heterocycles. The van der Waals surface area contributed by atoms with Gasteiger partial charge in [0.2, 0.25) is 0 Å². The van der Waals surface area contributed by atoms with Crippen molar-refractivity contribution in [3.8, 4) is 0 Å². The van der Waals surface area contributed by atoms with Crippen molar-refractivity contribution in [3.05, 3.63) is 0 Å². The van der Waals surface area contributed by atoms with Crippen LogP contribution < -0.4 is 5.48 Å². The summed E-state index contributed by atoms with van der Waals surface area (Å²) < 4.78 is 0. The minimum atomic E-state index is 0.628. The van der Waals surface area contributed by atoms with Crippen LogP contribution in [0.15, 0.2) is 0 Å². The predicted molar refractivity (Wildman–Crippen MR) is 46.1 cm³/mol. The Morgan fingerprint density at radius 2 is 2.18 bits per heavy atom. The van der Waals surface area contributed by atoms with E-state index in [2.05, 4.69) is 19.3 Å². The van der Waals surface area contributed by atoms with Gasteiger partial charge in [-0.1, -0.05) is 26.7 Å². The third-order valence-corrected chi connectivity index (χ3v) is 1.87. The van der Waals surface area contributed by atoms with E-state index in [0.717, 1.165) is 19.1 Å². The van der Waals surface area contributed by atoms with Gasteiger partial charge in [-0.2, -0.15) is 0 Å². The number of hydroxylamine groups is 1. The first-order chi connectivity index (χ1) is 5.29. The molecule has 1 rings (SSSR count). The maximum atomic E-state index is 5.22. The molecule has 11 heavy (non-hydrogen) atoms. The van der Waals surface area contributed by atoms with Crippen molar-refractivity contribution in [1.82, 2.24) is 5.48 Å². The molecule has 1 aliphatic carbocycles. The van der Waals surface area contributed by atoms with Gasteiger partial charge in [-0.05, 0) is 18.3 Å². The molecule has 0 bridgehead atoms. The molecule has 0 saturated heterocycles. The largest absolute Gasteiger partial charge is 0.302 e. The number of nitrogens with one attached hydrogen (secondary N) is 1. The van der Waals surface area contributed by atoms with Gasteiger partial charge in [0.05, 0.1) is 6.61 Å². The summed E-state index contributed by atoms with van der Waals surface area (Å²) in [4.78, 5) is 5.22. The molecule has 0 radical (unpaired) electrons. The zero-order valence-electron chi connectivity index (χ0n) is 7.60. The van der Waals surface area contributed by atoms with E-state index >= 15 is 0 Å². The highest BCUT2D eigenvalue weighted by molar-refractivity contribution is 4.72. The molecule has 1 saturated carbocycles. The van der Waals surface area contributed by atoms with Gasteiger partial charge < -0.3 is 4.84 Å².